The van der Waals surface area contributed by atoms with Gasteiger partial charge in [0.1, 0.15) is 17.3 Å². The number of hydrogen-bond acceptors (Lipinski definition) is 2. The fraction of sp³-hybridized carbons (Fsp3) is 0.0714. The minimum Gasteiger partial charge on any atom is -0.478 e. The van der Waals surface area contributed by atoms with E-state index in [1.165, 1.54) is 30.3 Å². The third kappa shape index (κ3) is 3.12. The van der Waals surface area contributed by atoms with Gasteiger partial charge in [-0.15, -0.1) is 0 Å². The molecule has 0 aliphatic carbocycles. The molecule has 19 heavy (non-hydrogen) atoms. The summed E-state index contributed by atoms with van der Waals surface area (Å²) in [5.41, 5.74) is 0.933. The van der Waals surface area contributed by atoms with Crippen LogP contribution in [0.4, 0.5) is 4.39 Å². The van der Waals surface area contributed by atoms with Gasteiger partial charge in [-0.05, 0) is 52.7 Å². The lowest BCUT2D eigenvalue weighted by Crippen LogP contribution is -1.97. The molecule has 0 saturated heterocycles. The number of carboxylic acid groups (broad SMARTS) is 1. The molecule has 5 heteroatoms. The maximum absolute atomic E-state index is 13.1. The Morgan fingerprint density at radius 2 is 2.00 bits per heavy atom. The average Bonchev–Trinajstić information content (AvgIpc) is 2.33. The first-order chi connectivity index (χ1) is 8.97. The van der Waals surface area contributed by atoms with Crippen LogP contribution >= 0.6 is 15.9 Å². The van der Waals surface area contributed by atoms with Gasteiger partial charge in [0, 0.05) is 10.5 Å². The summed E-state index contributed by atoms with van der Waals surface area (Å²) in [6.07, 6.45) is 0. The van der Waals surface area contributed by atoms with Gasteiger partial charge in [0.15, 0.2) is 0 Å². The first kappa shape index (κ1) is 13.5. The van der Waals surface area contributed by atoms with E-state index in [1.807, 2.05) is 0 Å². The van der Waals surface area contributed by atoms with Crippen molar-refractivity contribution in [2.75, 3.05) is 0 Å². The lowest BCUT2D eigenvalue weighted by Gasteiger charge is -2.09. The topological polar surface area (TPSA) is 46.5 Å². The van der Waals surface area contributed by atoms with Gasteiger partial charge in [0.2, 0.25) is 0 Å². The number of aryl methyl sites for hydroxylation is 1. The van der Waals surface area contributed by atoms with Crippen LogP contribution in [0.1, 0.15) is 15.9 Å². The van der Waals surface area contributed by atoms with Gasteiger partial charge < -0.3 is 9.84 Å². The number of carboxylic acids is 1. The summed E-state index contributed by atoms with van der Waals surface area (Å²) in [7, 11) is 0. The summed E-state index contributed by atoms with van der Waals surface area (Å²) in [4.78, 5) is 10.9. The van der Waals surface area contributed by atoms with Crippen molar-refractivity contribution in [3.8, 4) is 11.5 Å². The van der Waals surface area contributed by atoms with E-state index in [9.17, 15) is 9.18 Å². The second-order valence-corrected chi connectivity index (χ2v) is 4.81. The van der Waals surface area contributed by atoms with E-state index < -0.39 is 5.97 Å². The molecule has 0 aliphatic heterocycles. The molecule has 0 radical (unpaired) electrons. The summed E-state index contributed by atoms with van der Waals surface area (Å²) < 4.78 is 19.1. The summed E-state index contributed by atoms with van der Waals surface area (Å²) in [6.45, 7) is 1.80. The number of rotatable bonds is 3. The molecule has 2 aromatic rings. The van der Waals surface area contributed by atoms with Crippen LogP contribution in [0.15, 0.2) is 40.9 Å². The molecule has 0 heterocycles. The van der Waals surface area contributed by atoms with Crippen LogP contribution < -0.4 is 4.74 Å². The molecule has 3 nitrogen and oxygen atoms in total. The molecule has 0 aliphatic rings. The van der Waals surface area contributed by atoms with Crippen molar-refractivity contribution < 1.29 is 19.0 Å². The predicted molar refractivity (Wildman–Crippen MR) is 72.3 cm³/mol. The van der Waals surface area contributed by atoms with Crippen LogP contribution in [-0.2, 0) is 0 Å². The highest BCUT2D eigenvalue weighted by atomic mass is 79.9. The smallest absolute Gasteiger partial charge is 0.336 e. The molecule has 0 saturated carbocycles. The van der Waals surface area contributed by atoms with Crippen LogP contribution in [0, 0.1) is 12.7 Å². The van der Waals surface area contributed by atoms with Gasteiger partial charge in [-0.25, -0.2) is 9.18 Å². The maximum atomic E-state index is 13.1. The Hall–Kier alpha value is -1.88. The Morgan fingerprint density at radius 1 is 1.26 bits per heavy atom. The lowest BCUT2D eigenvalue weighted by molar-refractivity contribution is 0.0696. The standard InChI is InChI=1S/C14H10BrFO3/c1-8-2-3-9(16)6-13(8)19-10-4-5-11(14(17)18)12(15)7-10/h2-7H,1H3,(H,17,18). The van der Waals surface area contributed by atoms with E-state index in [0.29, 0.717) is 16.0 Å². The van der Waals surface area contributed by atoms with E-state index in [1.54, 1.807) is 13.0 Å². The van der Waals surface area contributed by atoms with Gasteiger partial charge in [-0.1, -0.05) is 6.07 Å². The van der Waals surface area contributed by atoms with E-state index >= 15 is 0 Å². The minimum absolute atomic E-state index is 0.142. The molecule has 98 valence electrons. The predicted octanol–water partition coefficient (Wildman–Crippen LogP) is 4.39. The highest BCUT2D eigenvalue weighted by molar-refractivity contribution is 9.10. The molecule has 0 bridgehead atoms. The Bertz CT molecular complexity index is 641. The molecule has 0 spiro atoms. The van der Waals surface area contributed by atoms with Crippen LogP contribution in [0.3, 0.4) is 0 Å². The van der Waals surface area contributed by atoms with Crippen molar-refractivity contribution >= 4 is 21.9 Å². The highest BCUT2D eigenvalue weighted by Gasteiger charge is 2.10. The second kappa shape index (κ2) is 5.40. The second-order valence-electron chi connectivity index (χ2n) is 3.96. The number of halogens is 2. The molecule has 0 amide bonds. The Balaban J connectivity index is 2.31. The zero-order chi connectivity index (χ0) is 14.0. The Kier molecular flexibility index (Phi) is 3.85. The van der Waals surface area contributed by atoms with Gasteiger partial charge in [0.25, 0.3) is 0 Å². The quantitative estimate of drug-likeness (QED) is 0.910. The molecular formula is C14H10BrFO3. The normalized spacial score (nSPS) is 10.3. The van der Waals surface area contributed by atoms with Crippen molar-refractivity contribution in [2.45, 2.75) is 6.92 Å². The fourth-order valence-corrected chi connectivity index (χ4v) is 2.07. The summed E-state index contributed by atoms with van der Waals surface area (Å²) in [6, 6.07) is 8.74. The third-order valence-corrected chi connectivity index (χ3v) is 3.21. The highest BCUT2D eigenvalue weighted by Crippen LogP contribution is 2.29. The summed E-state index contributed by atoms with van der Waals surface area (Å²) in [5.74, 6) is -0.581. The van der Waals surface area contributed by atoms with E-state index in [0.717, 1.165) is 5.56 Å². The molecule has 2 aromatic carbocycles. The van der Waals surface area contributed by atoms with Gasteiger partial charge in [-0.2, -0.15) is 0 Å². The van der Waals surface area contributed by atoms with Crippen LogP contribution in [0.25, 0.3) is 0 Å². The number of aromatic carboxylic acids is 1. The molecule has 0 unspecified atom stereocenters. The minimum atomic E-state index is -1.03. The van der Waals surface area contributed by atoms with Gasteiger partial charge in [-0.3, -0.25) is 0 Å². The maximum Gasteiger partial charge on any atom is 0.336 e. The van der Waals surface area contributed by atoms with Gasteiger partial charge in [0.05, 0.1) is 5.56 Å². The number of carbonyl (C=O) groups is 1. The lowest BCUT2D eigenvalue weighted by atomic mass is 10.2. The average molecular weight is 325 g/mol. The van der Waals surface area contributed by atoms with Crippen molar-refractivity contribution in [1.29, 1.82) is 0 Å². The molecule has 0 aromatic heterocycles. The number of ether oxygens (including phenoxy) is 1. The zero-order valence-corrected chi connectivity index (χ0v) is 11.6. The zero-order valence-electron chi connectivity index (χ0n) is 9.98. The fourth-order valence-electron chi connectivity index (χ4n) is 1.54. The molecule has 2 rings (SSSR count). The SMILES string of the molecule is Cc1ccc(F)cc1Oc1ccc(C(=O)O)c(Br)c1. The first-order valence-electron chi connectivity index (χ1n) is 5.44. The summed E-state index contributed by atoms with van der Waals surface area (Å²) in [5, 5.41) is 8.91. The van der Waals surface area contributed by atoms with E-state index in [-0.39, 0.29) is 11.4 Å². The number of hydrogen-bond donors (Lipinski definition) is 1. The van der Waals surface area contributed by atoms with Crippen molar-refractivity contribution in [2.24, 2.45) is 0 Å². The number of benzene rings is 2. The van der Waals surface area contributed by atoms with Crippen LogP contribution in [0.5, 0.6) is 11.5 Å². The largest absolute Gasteiger partial charge is 0.478 e. The van der Waals surface area contributed by atoms with E-state index in [2.05, 4.69) is 15.9 Å². The van der Waals surface area contributed by atoms with E-state index in [4.69, 9.17) is 9.84 Å². The van der Waals surface area contributed by atoms with Gasteiger partial charge >= 0.3 is 5.97 Å². The Morgan fingerprint density at radius 3 is 2.63 bits per heavy atom. The first-order valence-corrected chi connectivity index (χ1v) is 6.23. The Labute approximate surface area is 117 Å². The summed E-state index contributed by atoms with van der Waals surface area (Å²) >= 11 is 3.16. The monoisotopic (exact) mass is 324 g/mol. The molecular weight excluding hydrogens is 315 g/mol. The van der Waals surface area contributed by atoms with Crippen molar-refractivity contribution in [1.82, 2.24) is 0 Å². The van der Waals surface area contributed by atoms with Crippen molar-refractivity contribution in [3.05, 3.63) is 57.8 Å². The third-order valence-electron chi connectivity index (χ3n) is 2.55. The molecule has 0 atom stereocenters. The van der Waals surface area contributed by atoms with Crippen molar-refractivity contribution in [3.63, 3.8) is 0 Å². The molecule has 0 fully saturated rings. The van der Waals surface area contributed by atoms with Crippen LogP contribution in [0.2, 0.25) is 0 Å². The van der Waals surface area contributed by atoms with Crippen LogP contribution in [-0.4, -0.2) is 11.1 Å². The molecule has 1 N–H and O–H groups in total.